The number of hydrogen-bond donors (Lipinski definition) is 0. The molecule has 0 aromatic heterocycles. The van der Waals surface area contributed by atoms with Gasteiger partial charge < -0.3 is 4.74 Å². The second-order valence-corrected chi connectivity index (χ2v) is 3.94. The van der Waals surface area contributed by atoms with E-state index in [9.17, 15) is 14.4 Å². The highest BCUT2D eigenvalue weighted by atomic mass is 16.5. The minimum Gasteiger partial charge on any atom is -0.463 e. The monoisotopic (exact) mass is 223 g/mol. The summed E-state index contributed by atoms with van der Waals surface area (Å²) in [5.74, 6) is -1.99. The SMILES string of the molecule is CCOC(=O)C1=CC[C@@H]2C(=O)N(C)C(=O)[C@H]12. The van der Waals surface area contributed by atoms with Crippen LogP contribution in [0.1, 0.15) is 13.3 Å². The van der Waals surface area contributed by atoms with E-state index >= 15 is 0 Å². The van der Waals surface area contributed by atoms with Gasteiger partial charge in [0, 0.05) is 12.6 Å². The standard InChI is InChI=1S/C11H13NO4/c1-3-16-11(15)7-5-4-6-8(7)10(14)12(2)9(6)13/h5-6,8H,3-4H2,1-2H3/t6-,8-/m0/s1. The Labute approximate surface area is 93.0 Å². The second kappa shape index (κ2) is 3.73. The molecular formula is C11H13NO4. The molecule has 1 fully saturated rings. The Balaban J connectivity index is 2.24. The van der Waals surface area contributed by atoms with Crippen molar-refractivity contribution < 1.29 is 19.1 Å². The highest BCUT2D eigenvalue weighted by Gasteiger charge is 2.51. The van der Waals surface area contributed by atoms with Crippen LogP contribution in [0.4, 0.5) is 0 Å². The summed E-state index contributed by atoms with van der Waals surface area (Å²) in [6, 6.07) is 0. The molecular weight excluding hydrogens is 210 g/mol. The largest absolute Gasteiger partial charge is 0.463 e. The Kier molecular flexibility index (Phi) is 2.53. The third-order valence-electron chi connectivity index (χ3n) is 3.08. The fourth-order valence-electron chi connectivity index (χ4n) is 2.27. The number of rotatable bonds is 2. The summed E-state index contributed by atoms with van der Waals surface area (Å²) in [5.41, 5.74) is 0.342. The third-order valence-corrected chi connectivity index (χ3v) is 3.08. The van der Waals surface area contributed by atoms with Gasteiger partial charge in [0.2, 0.25) is 11.8 Å². The molecule has 2 aliphatic rings. The molecule has 1 saturated heterocycles. The molecule has 1 heterocycles. The van der Waals surface area contributed by atoms with E-state index in [4.69, 9.17) is 4.74 Å². The minimum absolute atomic E-state index is 0.203. The zero-order chi connectivity index (χ0) is 11.9. The summed E-state index contributed by atoms with van der Waals surface area (Å²) in [6.07, 6.45) is 2.10. The molecule has 0 spiro atoms. The lowest BCUT2D eigenvalue weighted by Crippen LogP contribution is -2.28. The summed E-state index contributed by atoms with van der Waals surface area (Å²) in [5, 5.41) is 0. The van der Waals surface area contributed by atoms with E-state index in [-0.39, 0.29) is 18.4 Å². The maximum Gasteiger partial charge on any atom is 0.334 e. The first-order valence-corrected chi connectivity index (χ1v) is 5.26. The van der Waals surface area contributed by atoms with Gasteiger partial charge in [-0.3, -0.25) is 14.5 Å². The Bertz CT molecular complexity index is 399. The van der Waals surface area contributed by atoms with Crippen LogP contribution >= 0.6 is 0 Å². The van der Waals surface area contributed by atoms with Crippen molar-refractivity contribution in [1.82, 2.24) is 4.90 Å². The lowest BCUT2D eigenvalue weighted by Gasteiger charge is -2.10. The number of imide groups is 1. The number of amides is 2. The first kappa shape index (κ1) is 10.9. The average Bonchev–Trinajstić information content (AvgIpc) is 2.77. The predicted molar refractivity (Wildman–Crippen MR) is 54.1 cm³/mol. The third kappa shape index (κ3) is 1.35. The van der Waals surface area contributed by atoms with Gasteiger partial charge in [0.05, 0.1) is 18.4 Å². The molecule has 0 radical (unpaired) electrons. The van der Waals surface area contributed by atoms with Crippen molar-refractivity contribution >= 4 is 17.8 Å². The lowest BCUT2D eigenvalue weighted by molar-refractivity contribution is -0.142. The number of nitrogens with zero attached hydrogens (tertiary/aromatic N) is 1. The second-order valence-electron chi connectivity index (χ2n) is 3.94. The molecule has 0 bridgehead atoms. The van der Waals surface area contributed by atoms with Crippen molar-refractivity contribution in [2.45, 2.75) is 13.3 Å². The van der Waals surface area contributed by atoms with Gasteiger partial charge in [-0.15, -0.1) is 0 Å². The number of esters is 1. The zero-order valence-corrected chi connectivity index (χ0v) is 9.23. The molecule has 5 nitrogen and oxygen atoms in total. The van der Waals surface area contributed by atoms with Crippen molar-refractivity contribution in [3.05, 3.63) is 11.6 Å². The van der Waals surface area contributed by atoms with E-state index in [0.29, 0.717) is 12.0 Å². The van der Waals surface area contributed by atoms with Crippen molar-refractivity contribution in [1.29, 1.82) is 0 Å². The van der Waals surface area contributed by atoms with Crippen molar-refractivity contribution in [3.8, 4) is 0 Å². The van der Waals surface area contributed by atoms with E-state index in [2.05, 4.69) is 0 Å². The normalized spacial score (nSPS) is 28.1. The van der Waals surface area contributed by atoms with Crippen LogP contribution in [0.3, 0.4) is 0 Å². The Morgan fingerprint density at radius 2 is 2.19 bits per heavy atom. The number of hydrogen-bond acceptors (Lipinski definition) is 4. The van der Waals surface area contributed by atoms with Crippen LogP contribution in [0, 0.1) is 11.8 Å². The smallest absolute Gasteiger partial charge is 0.334 e. The van der Waals surface area contributed by atoms with Gasteiger partial charge in [-0.25, -0.2) is 4.79 Å². The fourth-order valence-corrected chi connectivity index (χ4v) is 2.27. The molecule has 2 amide bonds. The van der Waals surface area contributed by atoms with Gasteiger partial charge in [0.15, 0.2) is 0 Å². The number of fused-ring (bicyclic) bond motifs is 1. The van der Waals surface area contributed by atoms with E-state index in [1.807, 2.05) is 0 Å². The molecule has 5 heteroatoms. The first-order chi connectivity index (χ1) is 7.57. The summed E-state index contributed by atoms with van der Waals surface area (Å²) in [7, 11) is 1.45. The van der Waals surface area contributed by atoms with Crippen LogP contribution < -0.4 is 0 Å². The first-order valence-electron chi connectivity index (χ1n) is 5.26. The minimum atomic E-state index is -0.614. The number of carbonyl (C=O) groups is 3. The molecule has 1 aliphatic carbocycles. The summed E-state index contributed by atoms with van der Waals surface area (Å²) in [4.78, 5) is 36.1. The quantitative estimate of drug-likeness (QED) is 0.492. The summed E-state index contributed by atoms with van der Waals surface area (Å²) in [6.45, 7) is 1.98. The van der Waals surface area contributed by atoms with Crippen LogP contribution in [0.2, 0.25) is 0 Å². The fraction of sp³-hybridized carbons (Fsp3) is 0.545. The molecule has 0 unspecified atom stereocenters. The van der Waals surface area contributed by atoms with E-state index in [1.54, 1.807) is 13.0 Å². The lowest BCUT2D eigenvalue weighted by atomic mass is 9.94. The molecule has 2 atom stereocenters. The highest BCUT2D eigenvalue weighted by Crippen LogP contribution is 2.39. The number of ether oxygens (including phenoxy) is 1. The van der Waals surface area contributed by atoms with E-state index in [1.165, 1.54) is 7.05 Å². The Morgan fingerprint density at radius 1 is 1.50 bits per heavy atom. The van der Waals surface area contributed by atoms with E-state index in [0.717, 1.165) is 4.90 Å². The average molecular weight is 223 g/mol. The topological polar surface area (TPSA) is 63.7 Å². The summed E-state index contributed by atoms with van der Waals surface area (Å²) < 4.78 is 4.86. The Morgan fingerprint density at radius 3 is 2.81 bits per heavy atom. The maximum atomic E-state index is 11.8. The highest BCUT2D eigenvalue weighted by molar-refractivity contribution is 6.11. The van der Waals surface area contributed by atoms with Gasteiger partial charge in [0.1, 0.15) is 0 Å². The molecule has 0 aromatic rings. The molecule has 86 valence electrons. The van der Waals surface area contributed by atoms with Gasteiger partial charge in [0.25, 0.3) is 0 Å². The predicted octanol–water partition coefficient (Wildman–Crippen LogP) is 0.111. The van der Waals surface area contributed by atoms with Crippen LogP contribution in [0.25, 0.3) is 0 Å². The summed E-state index contributed by atoms with van der Waals surface area (Å²) >= 11 is 0. The van der Waals surface area contributed by atoms with Crippen molar-refractivity contribution in [2.75, 3.05) is 13.7 Å². The molecule has 0 saturated carbocycles. The molecule has 0 N–H and O–H groups in total. The number of likely N-dealkylation sites (tertiary alicyclic amines) is 1. The van der Waals surface area contributed by atoms with Crippen molar-refractivity contribution in [2.24, 2.45) is 11.8 Å². The van der Waals surface area contributed by atoms with Gasteiger partial charge in [-0.1, -0.05) is 6.08 Å². The molecule has 1 aliphatic heterocycles. The van der Waals surface area contributed by atoms with Gasteiger partial charge in [-0.2, -0.15) is 0 Å². The molecule has 2 rings (SSSR count). The number of allylic oxidation sites excluding steroid dienone is 1. The van der Waals surface area contributed by atoms with Crippen LogP contribution in [-0.2, 0) is 19.1 Å². The van der Waals surface area contributed by atoms with Gasteiger partial charge >= 0.3 is 5.97 Å². The number of carbonyl (C=O) groups excluding carboxylic acids is 3. The Hall–Kier alpha value is -1.65. The van der Waals surface area contributed by atoms with Crippen LogP contribution in [0.15, 0.2) is 11.6 Å². The molecule has 16 heavy (non-hydrogen) atoms. The van der Waals surface area contributed by atoms with Gasteiger partial charge in [-0.05, 0) is 13.3 Å². The molecule has 0 aromatic carbocycles. The van der Waals surface area contributed by atoms with Crippen molar-refractivity contribution in [3.63, 3.8) is 0 Å². The zero-order valence-electron chi connectivity index (χ0n) is 9.23. The van der Waals surface area contributed by atoms with E-state index < -0.39 is 17.8 Å². The van der Waals surface area contributed by atoms with Crippen LogP contribution in [0.5, 0.6) is 0 Å². The van der Waals surface area contributed by atoms with Crippen LogP contribution in [-0.4, -0.2) is 36.3 Å². The maximum absolute atomic E-state index is 11.8.